The third kappa shape index (κ3) is 7.15. The molecule has 0 spiro atoms. The summed E-state index contributed by atoms with van der Waals surface area (Å²) in [4.78, 5) is 47.9. The Balaban J connectivity index is 0.000000457. The maximum atomic E-state index is 12.3. The summed E-state index contributed by atoms with van der Waals surface area (Å²) in [5.41, 5.74) is 15.7. The Kier molecular flexibility index (Phi) is 11.2. The second-order valence-corrected chi connectivity index (χ2v) is 10.2. The average Bonchev–Trinajstić information content (AvgIpc) is 3.10. The molecule has 2 atom stereocenters. The minimum Gasteiger partial charge on any atom is -0.677 e. The van der Waals surface area contributed by atoms with E-state index in [-0.39, 0.29) is 51.6 Å². The summed E-state index contributed by atoms with van der Waals surface area (Å²) in [5.74, 6) is -1.80. The van der Waals surface area contributed by atoms with Crippen LogP contribution in [0.5, 0.6) is 0 Å². The van der Waals surface area contributed by atoms with Crippen LogP contribution in [0.3, 0.4) is 0 Å². The van der Waals surface area contributed by atoms with Gasteiger partial charge in [0.25, 0.3) is 5.91 Å². The van der Waals surface area contributed by atoms with Gasteiger partial charge in [-0.2, -0.15) is 5.10 Å². The summed E-state index contributed by atoms with van der Waals surface area (Å²) in [5, 5.41) is 22.0. The first-order valence-electron chi connectivity index (χ1n) is 12.4. The molecule has 0 unspecified atom stereocenters. The normalized spacial score (nSPS) is 27.6. The number of rotatable bonds is 8. The molecule has 3 fully saturated rings. The van der Waals surface area contributed by atoms with Gasteiger partial charge in [0, 0.05) is 42.8 Å². The van der Waals surface area contributed by atoms with Crippen molar-refractivity contribution >= 4 is 29.5 Å². The number of carboxylic acid groups (broad SMARTS) is 2. The zero-order valence-electron chi connectivity index (χ0n) is 20.7. The molecule has 0 bridgehead atoms. The van der Waals surface area contributed by atoms with E-state index in [1.54, 1.807) is 11.0 Å². The Morgan fingerprint density at radius 3 is 1.95 bits per heavy atom. The number of amides is 2. The van der Waals surface area contributed by atoms with Gasteiger partial charge >= 0.3 is 33.0 Å². The first kappa shape index (κ1) is 30.9. The summed E-state index contributed by atoms with van der Waals surface area (Å²) in [6, 6.07) is 0. The van der Waals surface area contributed by atoms with Crippen LogP contribution in [-0.2, 0) is 40.2 Å². The Hall–Kier alpha value is -2.36. The summed E-state index contributed by atoms with van der Waals surface area (Å²) in [6.45, 7) is 5.54. The van der Waals surface area contributed by atoms with Crippen molar-refractivity contribution in [2.45, 2.75) is 51.4 Å². The molecule has 0 aromatic carbocycles. The second-order valence-electron chi connectivity index (χ2n) is 10.2. The van der Waals surface area contributed by atoms with E-state index >= 15 is 0 Å². The van der Waals surface area contributed by atoms with Crippen LogP contribution in [0.25, 0.3) is 11.5 Å². The van der Waals surface area contributed by atoms with Crippen molar-refractivity contribution in [3.63, 3.8) is 0 Å². The molecule has 1 heterocycles. The van der Waals surface area contributed by atoms with Gasteiger partial charge in [0.05, 0.1) is 0 Å². The van der Waals surface area contributed by atoms with E-state index < -0.39 is 17.4 Å². The number of aliphatic carboxylic acids is 2. The van der Waals surface area contributed by atoms with Gasteiger partial charge in [-0.05, 0) is 37.7 Å². The largest absolute Gasteiger partial charge is 2.00 e. The zero-order valence-corrected chi connectivity index (χ0v) is 23.0. The molecule has 11 nitrogen and oxygen atoms in total. The number of allylic oxidation sites excluding steroid dienone is 1. The van der Waals surface area contributed by atoms with Gasteiger partial charge in [-0.25, -0.2) is 5.43 Å². The van der Waals surface area contributed by atoms with Crippen LogP contribution in [0.15, 0.2) is 29.5 Å². The predicted molar refractivity (Wildman–Crippen MR) is 133 cm³/mol. The van der Waals surface area contributed by atoms with Crippen molar-refractivity contribution in [3.8, 4) is 0 Å². The predicted octanol–water partition coefficient (Wildman–Crippen LogP) is 3.24. The van der Waals surface area contributed by atoms with E-state index in [4.69, 9.17) is 21.7 Å². The average molecular weight is 697 g/mol. The quantitative estimate of drug-likeness (QED) is 0.259. The number of carboxylic acids is 2. The van der Waals surface area contributed by atoms with Crippen LogP contribution in [0, 0.1) is 29.1 Å². The van der Waals surface area contributed by atoms with Crippen molar-refractivity contribution in [1.29, 1.82) is 0 Å². The summed E-state index contributed by atoms with van der Waals surface area (Å²) in [7, 11) is 0. The molecule has 2 amide bonds. The molecule has 5 N–H and O–H groups in total. The summed E-state index contributed by atoms with van der Waals surface area (Å²) < 4.78 is 0. The van der Waals surface area contributed by atoms with Crippen molar-refractivity contribution < 1.29 is 50.5 Å². The van der Waals surface area contributed by atoms with E-state index in [2.05, 4.69) is 17.1 Å². The first-order valence-corrected chi connectivity index (χ1v) is 12.4. The molecule has 1 aliphatic heterocycles. The molecular weight excluding hydrogens is 661 g/mol. The Morgan fingerprint density at radius 2 is 1.54 bits per heavy atom. The molecule has 0 radical (unpaired) electrons. The second kappa shape index (κ2) is 13.4. The van der Waals surface area contributed by atoms with Crippen LogP contribution in [0.1, 0.15) is 51.4 Å². The van der Waals surface area contributed by atoms with Gasteiger partial charge in [0.1, 0.15) is 0 Å². The topological polar surface area (TPSA) is 184 Å². The Morgan fingerprint density at radius 1 is 1.00 bits per heavy atom. The van der Waals surface area contributed by atoms with Crippen LogP contribution in [0.4, 0.5) is 0 Å². The maximum Gasteiger partial charge on any atom is 2.00 e. The van der Waals surface area contributed by atoms with Crippen LogP contribution in [0.2, 0.25) is 0 Å². The van der Waals surface area contributed by atoms with Crippen molar-refractivity contribution in [1.82, 2.24) is 10.3 Å². The summed E-state index contributed by atoms with van der Waals surface area (Å²) in [6.07, 6.45) is 8.18. The number of hydrogen-bond donors (Lipinski definition) is 3. The number of carbonyl (C=O) groups is 4. The molecule has 206 valence electrons. The molecule has 0 aromatic heterocycles. The standard InChI is InChI=1S/C19H23N3O6.C6H12N2.Pt/c1-11-2-7-15(23)22(11)10-12-3-5-13(6-4-12)16(24)21-20-14-8-19(9-14,17(25)26)18(27)28;7-3-5-1-2-6(5)4-8;/h2,7,12-13H,1,3-6,8-10H2,(H,21,24)(H,25,26)(H,27,28);5-8H,1-4H2;/q;-2;+2/t;5-,6-;/m.0./s1. The fourth-order valence-electron chi connectivity index (χ4n) is 5.08. The molecular formula is C25H35N5O6Pt. The van der Waals surface area contributed by atoms with E-state index in [0.29, 0.717) is 61.6 Å². The smallest absolute Gasteiger partial charge is 0.677 e. The van der Waals surface area contributed by atoms with Crippen molar-refractivity contribution in [3.05, 3.63) is 35.9 Å². The number of hydrogen-bond acceptors (Lipinski definition) is 5. The van der Waals surface area contributed by atoms with E-state index in [1.807, 2.05) is 0 Å². The van der Waals surface area contributed by atoms with E-state index in [0.717, 1.165) is 12.8 Å². The fourth-order valence-corrected chi connectivity index (χ4v) is 5.08. The van der Waals surface area contributed by atoms with E-state index in [9.17, 15) is 19.2 Å². The zero-order chi connectivity index (χ0) is 26.5. The molecule has 0 saturated heterocycles. The summed E-state index contributed by atoms with van der Waals surface area (Å²) >= 11 is 0. The van der Waals surface area contributed by atoms with Crippen molar-refractivity contribution in [2.24, 2.45) is 34.2 Å². The van der Waals surface area contributed by atoms with Gasteiger partial charge in [-0.1, -0.05) is 31.3 Å². The molecule has 4 aliphatic rings. The minimum atomic E-state index is -1.83. The van der Waals surface area contributed by atoms with Gasteiger partial charge in [0.2, 0.25) is 5.91 Å². The Bertz CT molecular complexity index is 903. The van der Waals surface area contributed by atoms with E-state index in [1.165, 1.54) is 18.9 Å². The van der Waals surface area contributed by atoms with Crippen LogP contribution >= 0.6 is 0 Å². The number of nitrogens with one attached hydrogen (secondary N) is 3. The SMILES string of the molecule is C=C1C=CC(=O)N1CC1CCC(C(=O)NN=C2CC(C(=O)O)(C(=O)O)C2)CC1.[NH-]C[C@@H]1CC[C@H]1C[NH-].[Pt+2]. The molecule has 4 rings (SSSR count). The Labute approximate surface area is 231 Å². The fraction of sp³-hybridized carbons (Fsp3) is 0.640. The molecule has 37 heavy (non-hydrogen) atoms. The molecule has 3 saturated carbocycles. The van der Waals surface area contributed by atoms with Gasteiger partial charge < -0.3 is 26.6 Å². The maximum absolute atomic E-state index is 12.3. The number of nitrogens with zero attached hydrogens (tertiary/aromatic N) is 2. The third-order valence-electron chi connectivity index (χ3n) is 7.94. The third-order valence-corrected chi connectivity index (χ3v) is 7.94. The monoisotopic (exact) mass is 696 g/mol. The van der Waals surface area contributed by atoms with Gasteiger partial charge in [-0.15, -0.1) is 13.1 Å². The minimum absolute atomic E-state index is 0. The molecule has 12 heteroatoms. The van der Waals surface area contributed by atoms with Crippen LogP contribution < -0.4 is 5.43 Å². The molecule has 0 aromatic rings. The first-order chi connectivity index (χ1) is 17.1. The number of carbonyl (C=O) groups excluding carboxylic acids is 2. The molecule has 3 aliphatic carbocycles. The van der Waals surface area contributed by atoms with Gasteiger partial charge in [-0.3, -0.25) is 19.2 Å². The van der Waals surface area contributed by atoms with Crippen LogP contribution in [-0.4, -0.2) is 64.2 Å². The van der Waals surface area contributed by atoms with Gasteiger partial charge in [0.15, 0.2) is 5.41 Å². The van der Waals surface area contributed by atoms with Crippen molar-refractivity contribution in [2.75, 3.05) is 19.6 Å². The number of hydrazone groups is 1.